The fourth-order valence-corrected chi connectivity index (χ4v) is 3.48. The summed E-state index contributed by atoms with van der Waals surface area (Å²) in [6, 6.07) is 5.33. The van der Waals surface area contributed by atoms with Gasteiger partial charge in [0.2, 0.25) is 5.91 Å². The van der Waals surface area contributed by atoms with Gasteiger partial charge in [-0.2, -0.15) is 0 Å². The first kappa shape index (κ1) is 19.8. The number of carbonyl (C=O) groups excluding carboxylic acids is 1. The smallest absolute Gasteiger partial charge is 0.258 e. The number of H-pyrrole nitrogens is 1. The Hall–Kier alpha value is -1.92. The molecule has 0 bridgehead atoms. The van der Waals surface area contributed by atoms with Crippen LogP contribution >= 0.6 is 11.6 Å². The largest absolute Gasteiger partial charge is 0.353 e. The third kappa shape index (κ3) is 4.87. The molecule has 0 saturated carbocycles. The molecule has 1 amide bonds. The maximum absolute atomic E-state index is 12.4. The van der Waals surface area contributed by atoms with Crippen LogP contribution in [0.4, 0.5) is 0 Å². The normalized spacial score (nSPS) is 17.4. The van der Waals surface area contributed by atoms with Crippen molar-refractivity contribution in [3.05, 3.63) is 39.4 Å². The standard InChI is InChI=1S/C20H27ClN4O2/c1-12(2)13(3)22-19(26)14-6-8-25(9-7-14)11-18-23-17-5-4-15(21)10-16(17)20(27)24-18/h4-5,10,12-14H,6-9,11H2,1-3H3,(H,22,26)(H,23,24,27). The zero-order valence-corrected chi connectivity index (χ0v) is 16.8. The zero-order valence-electron chi connectivity index (χ0n) is 16.1. The van der Waals surface area contributed by atoms with Crippen LogP contribution in [0.2, 0.25) is 5.02 Å². The molecule has 1 aromatic heterocycles. The molecule has 1 aliphatic rings. The van der Waals surface area contributed by atoms with Crippen molar-refractivity contribution >= 4 is 28.4 Å². The molecule has 1 aliphatic heterocycles. The molecule has 27 heavy (non-hydrogen) atoms. The number of hydrogen-bond acceptors (Lipinski definition) is 4. The number of amides is 1. The van der Waals surface area contributed by atoms with Gasteiger partial charge in [-0.1, -0.05) is 25.4 Å². The van der Waals surface area contributed by atoms with Crippen molar-refractivity contribution in [2.45, 2.75) is 46.2 Å². The van der Waals surface area contributed by atoms with Crippen LogP contribution in [0, 0.1) is 11.8 Å². The van der Waals surface area contributed by atoms with E-state index in [1.165, 1.54) is 0 Å². The summed E-state index contributed by atoms with van der Waals surface area (Å²) in [6.45, 7) is 8.47. The van der Waals surface area contributed by atoms with E-state index in [2.05, 4.69) is 34.0 Å². The summed E-state index contributed by atoms with van der Waals surface area (Å²) in [5, 5.41) is 4.14. The summed E-state index contributed by atoms with van der Waals surface area (Å²) in [4.78, 5) is 34.3. The number of fused-ring (bicyclic) bond motifs is 1. The van der Waals surface area contributed by atoms with Crippen molar-refractivity contribution in [3.63, 3.8) is 0 Å². The summed E-state index contributed by atoms with van der Waals surface area (Å²) < 4.78 is 0. The molecule has 2 heterocycles. The average Bonchev–Trinajstić information content (AvgIpc) is 2.63. The number of benzene rings is 1. The average molecular weight is 391 g/mol. The number of carbonyl (C=O) groups is 1. The van der Waals surface area contributed by atoms with Crippen molar-refractivity contribution in [1.29, 1.82) is 0 Å². The number of hydrogen-bond donors (Lipinski definition) is 2. The second kappa shape index (κ2) is 8.40. The van der Waals surface area contributed by atoms with Crippen molar-refractivity contribution < 1.29 is 4.79 Å². The van der Waals surface area contributed by atoms with Gasteiger partial charge in [-0.15, -0.1) is 0 Å². The van der Waals surface area contributed by atoms with Crippen molar-refractivity contribution in [2.75, 3.05) is 13.1 Å². The van der Waals surface area contributed by atoms with Crippen LogP contribution in [0.15, 0.2) is 23.0 Å². The van der Waals surface area contributed by atoms with Gasteiger partial charge in [-0.3, -0.25) is 14.5 Å². The quantitative estimate of drug-likeness (QED) is 0.822. The minimum Gasteiger partial charge on any atom is -0.353 e. The Balaban J connectivity index is 1.59. The van der Waals surface area contributed by atoms with E-state index in [1.807, 2.05) is 6.92 Å². The van der Waals surface area contributed by atoms with Crippen LogP contribution in [0.25, 0.3) is 10.9 Å². The van der Waals surface area contributed by atoms with E-state index in [0.29, 0.717) is 34.2 Å². The van der Waals surface area contributed by atoms with E-state index < -0.39 is 0 Å². The Morgan fingerprint density at radius 2 is 2.04 bits per heavy atom. The predicted octanol–water partition coefficient (Wildman–Crippen LogP) is 2.95. The number of aromatic amines is 1. The number of piperidine rings is 1. The van der Waals surface area contributed by atoms with E-state index in [1.54, 1.807) is 18.2 Å². The number of rotatable bonds is 5. The lowest BCUT2D eigenvalue weighted by Crippen LogP contribution is -2.44. The second-order valence-electron chi connectivity index (χ2n) is 7.77. The van der Waals surface area contributed by atoms with Crippen LogP contribution in [0.3, 0.4) is 0 Å². The summed E-state index contributed by atoms with van der Waals surface area (Å²) in [5.74, 6) is 1.30. The Morgan fingerprint density at radius 3 is 2.70 bits per heavy atom. The van der Waals surface area contributed by atoms with Crippen LogP contribution < -0.4 is 10.9 Å². The van der Waals surface area contributed by atoms with Gasteiger partial charge in [0.1, 0.15) is 5.82 Å². The summed E-state index contributed by atoms with van der Waals surface area (Å²) in [5.41, 5.74) is 0.476. The Kier molecular flexibility index (Phi) is 6.17. The monoisotopic (exact) mass is 390 g/mol. The van der Waals surface area contributed by atoms with Gasteiger partial charge >= 0.3 is 0 Å². The van der Waals surface area contributed by atoms with Crippen LogP contribution in [0.1, 0.15) is 39.4 Å². The number of likely N-dealkylation sites (tertiary alicyclic amines) is 1. The molecule has 1 fully saturated rings. The highest BCUT2D eigenvalue weighted by atomic mass is 35.5. The van der Waals surface area contributed by atoms with Crippen molar-refractivity contribution in [2.24, 2.45) is 11.8 Å². The molecule has 1 unspecified atom stereocenters. The van der Waals surface area contributed by atoms with Crippen LogP contribution in [-0.2, 0) is 11.3 Å². The number of nitrogens with one attached hydrogen (secondary N) is 2. The van der Waals surface area contributed by atoms with Gasteiger partial charge in [0.05, 0.1) is 17.4 Å². The van der Waals surface area contributed by atoms with Gasteiger partial charge in [0.15, 0.2) is 0 Å². The summed E-state index contributed by atoms with van der Waals surface area (Å²) >= 11 is 5.95. The Morgan fingerprint density at radius 1 is 1.33 bits per heavy atom. The van der Waals surface area contributed by atoms with Crippen molar-refractivity contribution in [3.8, 4) is 0 Å². The molecule has 1 aromatic carbocycles. The SMILES string of the molecule is CC(C)C(C)NC(=O)C1CCN(Cc2nc3ccc(Cl)cc3c(=O)[nH]2)CC1. The van der Waals surface area contributed by atoms with Gasteiger partial charge in [-0.05, 0) is 57.0 Å². The van der Waals surface area contributed by atoms with Gasteiger partial charge in [0.25, 0.3) is 5.56 Å². The molecular weight excluding hydrogens is 364 g/mol. The molecule has 0 radical (unpaired) electrons. The lowest BCUT2D eigenvalue weighted by molar-refractivity contribution is -0.127. The maximum atomic E-state index is 12.4. The number of halogens is 1. The second-order valence-corrected chi connectivity index (χ2v) is 8.20. The molecule has 2 N–H and O–H groups in total. The summed E-state index contributed by atoms with van der Waals surface area (Å²) in [6.07, 6.45) is 1.65. The highest BCUT2D eigenvalue weighted by Gasteiger charge is 2.26. The molecule has 7 heteroatoms. The minimum atomic E-state index is -0.172. The highest BCUT2D eigenvalue weighted by Crippen LogP contribution is 2.20. The topological polar surface area (TPSA) is 78.1 Å². The van der Waals surface area contributed by atoms with E-state index in [9.17, 15) is 9.59 Å². The first-order valence-electron chi connectivity index (χ1n) is 9.54. The van der Waals surface area contributed by atoms with Gasteiger partial charge in [0, 0.05) is 17.0 Å². The minimum absolute atomic E-state index is 0.0632. The van der Waals surface area contributed by atoms with Gasteiger partial charge in [-0.25, -0.2) is 4.98 Å². The predicted molar refractivity (Wildman–Crippen MR) is 108 cm³/mol. The zero-order chi connectivity index (χ0) is 19.6. The molecule has 1 saturated heterocycles. The fraction of sp³-hybridized carbons (Fsp3) is 0.550. The highest BCUT2D eigenvalue weighted by molar-refractivity contribution is 6.31. The maximum Gasteiger partial charge on any atom is 0.258 e. The number of nitrogens with zero attached hydrogens (tertiary/aromatic N) is 2. The van der Waals surface area contributed by atoms with Gasteiger partial charge < -0.3 is 10.3 Å². The molecule has 3 rings (SSSR count). The fourth-order valence-electron chi connectivity index (χ4n) is 3.31. The summed E-state index contributed by atoms with van der Waals surface area (Å²) in [7, 11) is 0. The first-order chi connectivity index (χ1) is 12.8. The van der Waals surface area contributed by atoms with E-state index in [-0.39, 0.29) is 23.4 Å². The molecule has 0 aliphatic carbocycles. The lowest BCUT2D eigenvalue weighted by atomic mass is 9.95. The number of aromatic nitrogens is 2. The third-order valence-corrected chi connectivity index (χ3v) is 5.65. The molecule has 1 atom stereocenters. The van der Waals surface area contributed by atoms with E-state index in [4.69, 9.17) is 11.6 Å². The van der Waals surface area contributed by atoms with Crippen LogP contribution in [0.5, 0.6) is 0 Å². The molecule has 2 aromatic rings. The molecular formula is C20H27ClN4O2. The van der Waals surface area contributed by atoms with E-state index in [0.717, 1.165) is 25.9 Å². The Bertz CT molecular complexity index is 872. The van der Waals surface area contributed by atoms with E-state index >= 15 is 0 Å². The molecule has 146 valence electrons. The Labute approximate surface area is 164 Å². The first-order valence-corrected chi connectivity index (χ1v) is 9.92. The molecule has 0 spiro atoms. The molecule has 6 nitrogen and oxygen atoms in total. The van der Waals surface area contributed by atoms with Crippen molar-refractivity contribution in [1.82, 2.24) is 20.2 Å². The lowest BCUT2D eigenvalue weighted by Gasteiger charge is -2.31. The third-order valence-electron chi connectivity index (χ3n) is 5.42. The van der Waals surface area contributed by atoms with Crippen LogP contribution in [-0.4, -0.2) is 39.9 Å².